The fraction of sp³-hybridized carbons (Fsp3) is 0.143. The average Bonchev–Trinajstić information content (AvgIpc) is 3.44. The van der Waals surface area contributed by atoms with Crippen molar-refractivity contribution in [3.63, 3.8) is 0 Å². The standard InChI is InChI=1S/C28H23N3/c1-18-12-13-19-15-28-29(2)26-17-25-22(16-27(26)31(28)24(19)14-18)21-10-6-7-11-23(21)30(25)20-8-4-3-5-9-20/h3-14,16-17,28H,15H2,1-2H3/i2D3. The molecule has 1 unspecified atom stereocenters. The van der Waals surface area contributed by atoms with E-state index in [1.807, 2.05) is 18.2 Å². The van der Waals surface area contributed by atoms with Gasteiger partial charge in [0.1, 0.15) is 6.17 Å². The third-order valence-electron chi connectivity index (χ3n) is 6.80. The zero-order chi connectivity index (χ0) is 23.2. The molecule has 150 valence electrons. The smallest absolute Gasteiger partial charge is 0.110 e. The predicted molar refractivity (Wildman–Crippen MR) is 130 cm³/mol. The zero-order valence-electron chi connectivity index (χ0n) is 20.2. The Balaban J connectivity index is 1.58. The number of benzene rings is 4. The van der Waals surface area contributed by atoms with E-state index in [4.69, 9.17) is 4.11 Å². The van der Waals surface area contributed by atoms with E-state index < -0.39 is 6.98 Å². The summed E-state index contributed by atoms with van der Waals surface area (Å²) in [5.41, 5.74) is 8.42. The summed E-state index contributed by atoms with van der Waals surface area (Å²) in [5.74, 6) is 0. The van der Waals surface area contributed by atoms with Crippen LogP contribution in [0.2, 0.25) is 0 Å². The molecule has 3 heteroatoms. The Morgan fingerprint density at radius 2 is 1.61 bits per heavy atom. The fourth-order valence-electron chi connectivity index (χ4n) is 5.41. The van der Waals surface area contributed by atoms with Gasteiger partial charge in [-0.1, -0.05) is 48.5 Å². The fourth-order valence-corrected chi connectivity index (χ4v) is 5.41. The Bertz CT molecular complexity index is 1600. The number of rotatable bonds is 1. The van der Waals surface area contributed by atoms with Crippen LogP contribution in [0.5, 0.6) is 0 Å². The van der Waals surface area contributed by atoms with Crippen molar-refractivity contribution in [2.75, 3.05) is 16.8 Å². The second-order valence-electron chi connectivity index (χ2n) is 8.60. The van der Waals surface area contributed by atoms with Crippen LogP contribution in [-0.4, -0.2) is 17.7 Å². The Morgan fingerprint density at radius 1 is 0.774 bits per heavy atom. The third kappa shape index (κ3) is 2.18. The molecule has 0 spiro atoms. The molecule has 2 aliphatic rings. The summed E-state index contributed by atoms with van der Waals surface area (Å²) in [6.07, 6.45) is 0.439. The first-order valence-corrected chi connectivity index (χ1v) is 10.7. The van der Waals surface area contributed by atoms with E-state index in [1.165, 1.54) is 11.1 Å². The Hall–Kier alpha value is -3.72. The second-order valence-corrected chi connectivity index (χ2v) is 8.60. The van der Waals surface area contributed by atoms with E-state index in [2.05, 4.69) is 83.1 Å². The van der Waals surface area contributed by atoms with Gasteiger partial charge in [0, 0.05) is 39.7 Å². The van der Waals surface area contributed by atoms with Gasteiger partial charge < -0.3 is 14.4 Å². The van der Waals surface area contributed by atoms with Gasteiger partial charge >= 0.3 is 0 Å². The number of aromatic nitrogens is 1. The zero-order valence-corrected chi connectivity index (χ0v) is 17.2. The molecular weight excluding hydrogens is 378 g/mol. The molecule has 31 heavy (non-hydrogen) atoms. The van der Waals surface area contributed by atoms with Crippen LogP contribution in [0.25, 0.3) is 27.5 Å². The van der Waals surface area contributed by atoms with E-state index in [1.54, 1.807) is 4.90 Å². The molecule has 1 atom stereocenters. The minimum Gasteiger partial charge on any atom is -0.352 e. The number of hydrogen-bond acceptors (Lipinski definition) is 2. The third-order valence-corrected chi connectivity index (χ3v) is 6.80. The molecule has 3 heterocycles. The first-order chi connectivity index (χ1) is 16.4. The summed E-state index contributed by atoms with van der Waals surface area (Å²) in [7, 11) is 0. The van der Waals surface area contributed by atoms with Gasteiger partial charge in [0.05, 0.1) is 22.4 Å². The lowest BCUT2D eigenvalue weighted by molar-refractivity contribution is 0.704. The van der Waals surface area contributed by atoms with Crippen molar-refractivity contribution < 1.29 is 4.11 Å². The number of para-hydroxylation sites is 2. The van der Waals surface area contributed by atoms with Gasteiger partial charge in [-0.15, -0.1) is 0 Å². The largest absolute Gasteiger partial charge is 0.352 e. The summed E-state index contributed by atoms with van der Waals surface area (Å²) in [6.45, 7) is -0.161. The number of anilines is 3. The number of likely N-dealkylation sites (N-methyl/N-ethyl adjacent to an activating group) is 1. The van der Waals surface area contributed by atoms with Crippen molar-refractivity contribution in [1.29, 1.82) is 0 Å². The number of hydrogen-bond donors (Lipinski definition) is 0. The van der Waals surface area contributed by atoms with Crippen LogP contribution in [0.1, 0.15) is 15.2 Å². The molecule has 7 rings (SSSR count). The van der Waals surface area contributed by atoms with Gasteiger partial charge in [0.15, 0.2) is 0 Å². The molecule has 0 aliphatic carbocycles. The highest BCUT2D eigenvalue weighted by Crippen LogP contribution is 2.52. The molecule has 0 fully saturated rings. The van der Waals surface area contributed by atoms with Gasteiger partial charge in [0.2, 0.25) is 0 Å². The van der Waals surface area contributed by atoms with Crippen LogP contribution >= 0.6 is 0 Å². The normalized spacial score (nSPS) is 18.6. The molecule has 5 aromatic rings. The first kappa shape index (κ1) is 14.3. The molecule has 2 aliphatic heterocycles. The van der Waals surface area contributed by atoms with Crippen LogP contribution in [0, 0.1) is 6.92 Å². The van der Waals surface area contributed by atoms with Crippen LogP contribution in [0.15, 0.2) is 84.9 Å². The molecule has 0 saturated heterocycles. The van der Waals surface area contributed by atoms with Crippen molar-refractivity contribution in [1.82, 2.24) is 4.57 Å². The Kier molecular flexibility index (Phi) is 2.73. The van der Waals surface area contributed by atoms with Crippen molar-refractivity contribution in [3.05, 3.63) is 96.1 Å². The van der Waals surface area contributed by atoms with E-state index >= 15 is 0 Å². The molecule has 1 aromatic heterocycles. The minimum absolute atomic E-state index is 0.248. The molecule has 0 radical (unpaired) electrons. The van der Waals surface area contributed by atoms with Crippen molar-refractivity contribution in [2.24, 2.45) is 0 Å². The Morgan fingerprint density at radius 3 is 2.48 bits per heavy atom. The topological polar surface area (TPSA) is 11.4 Å². The van der Waals surface area contributed by atoms with Crippen LogP contribution in [-0.2, 0) is 6.42 Å². The predicted octanol–water partition coefficient (Wildman–Crippen LogP) is 6.56. The van der Waals surface area contributed by atoms with E-state index in [-0.39, 0.29) is 6.17 Å². The van der Waals surface area contributed by atoms with Crippen molar-refractivity contribution >= 4 is 38.9 Å². The van der Waals surface area contributed by atoms with Gasteiger partial charge in [-0.2, -0.15) is 0 Å². The summed E-state index contributed by atoms with van der Waals surface area (Å²) < 4.78 is 27.5. The average molecular weight is 405 g/mol. The maximum atomic E-state index is 8.42. The van der Waals surface area contributed by atoms with Crippen molar-refractivity contribution in [3.8, 4) is 5.69 Å². The van der Waals surface area contributed by atoms with Crippen LogP contribution in [0.3, 0.4) is 0 Å². The summed E-state index contributed by atoms with van der Waals surface area (Å²) >= 11 is 0. The minimum atomic E-state index is -2.25. The van der Waals surface area contributed by atoms with Gasteiger partial charge in [-0.3, -0.25) is 0 Å². The molecule has 0 amide bonds. The lowest BCUT2D eigenvalue weighted by Crippen LogP contribution is -2.35. The maximum Gasteiger partial charge on any atom is 0.110 e. The second kappa shape index (κ2) is 5.92. The van der Waals surface area contributed by atoms with E-state index in [0.29, 0.717) is 6.42 Å². The number of fused-ring (bicyclic) bond motifs is 8. The first-order valence-electron chi connectivity index (χ1n) is 12.2. The lowest BCUT2D eigenvalue weighted by atomic mass is 10.1. The highest BCUT2D eigenvalue weighted by Gasteiger charge is 2.41. The lowest BCUT2D eigenvalue weighted by Gasteiger charge is -2.23. The van der Waals surface area contributed by atoms with E-state index in [9.17, 15) is 0 Å². The number of nitrogens with zero attached hydrogens (tertiary/aromatic N) is 3. The van der Waals surface area contributed by atoms with Gasteiger partial charge in [-0.25, -0.2) is 0 Å². The summed E-state index contributed by atoms with van der Waals surface area (Å²) in [6, 6.07) is 29.4. The number of aryl methyl sites for hydroxylation is 1. The van der Waals surface area contributed by atoms with Gasteiger partial charge in [0.25, 0.3) is 0 Å². The highest BCUT2D eigenvalue weighted by molar-refractivity contribution is 6.13. The Labute approximate surface area is 186 Å². The summed E-state index contributed by atoms with van der Waals surface area (Å²) in [5, 5.41) is 2.29. The molecule has 0 N–H and O–H groups in total. The van der Waals surface area contributed by atoms with Crippen molar-refractivity contribution in [2.45, 2.75) is 19.5 Å². The highest BCUT2D eigenvalue weighted by atomic mass is 15.4. The van der Waals surface area contributed by atoms with Gasteiger partial charge in [-0.05, 0) is 54.4 Å². The monoisotopic (exact) mass is 404 g/mol. The molecule has 0 saturated carbocycles. The summed E-state index contributed by atoms with van der Waals surface area (Å²) in [4.78, 5) is 3.88. The molecular formula is C28H23N3. The quantitative estimate of drug-likeness (QED) is 0.313. The molecule has 4 aromatic carbocycles. The SMILES string of the molecule is [2H]C([2H])([2H])N1c2cc3c(cc2N2c4cc(C)ccc4CC21)c1ccccc1n3-c1ccccc1. The van der Waals surface area contributed by atoms with Crippen LogP contribution in [0.4, 0.5) is 17.1 Å². The molecule has 3 nitrogen and oxygen atoms in total. The maximum absolute atomic E-state index is 8.42. The van der Waals surface area contributed by atoms with Crippen LogP contribution < -0.4 is 9.80 Å². The molecule has 0 bridgehead atoms. The van der Waals surface area contributed by atoms with E-state index in [0.717, 1.165) is 44.6 Å².